The molecule has 2 aromatic rings. The van der Waals surface area contributed by atoms with E-state index in [2.05, 4.69) is 15.6 Å². The van der Waals surface area contributed by atoms with Crippen LogP contribution < -0.4 is 10.6 Å². The molecule has 1 aliphatic heterocycles. The van der Waals surface area contributed by atoms with Gasteiger partial charge in [0.1, 0.15) is 17.9 Å². The third-order valence-corrected chi connectivity index (χ3v) is 6.72. The summed E-state index contributed by atoms with van der Waals surface area (Å²) in [5, 5.41) is 7.32. The second-order valence-electron chi connectivity index (χ2n) is 7.11. The first-order valence-corrected chi connectivity index (χ1v) is 11.2. The van der Waals surface area contributed by atoms with Crippen molar-refractivity contribution in [3.8, 4) is 0 Å². The summed E-state index contributed by atoms with van der Waals surface area (Å²) in [5.41, 5.74) is -3.47. The van der Waals surface area contributed by atoms with Crippen LogP contribution in [0.1, 0.15) is 31.1 Å². The first kappa shape index (κ1) is 25.7. The van der Waals surface area contributed by atoms with Gasteiger partial charge in [0.2, 0.25) is 0 Å². The minimum Gasteiger partial charge on any atom is -0.459 e. The van der Waals surface area contributed by atoms with Crippen LogP contribution in [0, 0.1) is 6.92 Å². The predicted molar refractivity (Wildman–Crippen MR) is 124 cm³/mol. The second kappa shape index (κ2) is 10.4. The molecule has 0 bridgehead atoms. The highest BCUT2D eigenvalue weighted by atomic mass is 127. The fourth-order valence-electron chi connectivity index (χ4n) is 3.43. The number of rotatable bonds is 5. The van der Waals surface area contributed by atoms with Gasteiger partial charge in [-0.15, -0.1) is 24.0 Å². The average Bonchev–Trinajstić information content (AvgIpc) is 3.02. The summed E-state index contributed by atoms with van der Waals surface area (Å²) in [6.07, 6.45) is 0.507. The van der Waals surface area contributed by atoms with Crippen LogP contribution in [0.25, 0.3) is 11.0 Å². The van der Waals surface area contributed by atoms with E-state index in [1.807, 2.05) is 38.1 Å². The summed E-state index contributed by atoms with van der Waals surface area (Å²) in [5.74, 6) is 1.24. The number of aryl methyl sites for hydroxylation is 1. The van der Waals surface area contributed by atoms with Crippen molar-refractivity contribution in [3.05, 3.63) is 35.6 Å². The van der Waals surface area contributed by atoms with Gasteiger partial charge < -0.3 is 15.1 Å². The summed E-state index contributed by atoms with van der Waals surface area (Å²) in [6, 6.07) is 7.53. The molecular weight excluding hydrogens is 548 g/mol. The zero-order valence-electron chi connectivity index (χ0n) is 17.2. The molecule has 0 radical (unpaired) electrons. The molecular formula is C19H26F3IN4O3S. The van der Waals surface area contributed by atoms with Gasteiger partial charge in [-0.1, -0.05) is 18.2 Å². The van der Waals surface area contributed by atoms with Crippen LogP contribution in [0.3, 0.4) is 0 Å². The van der Waals surface area contributed by atoms with Gasteiger partial charge in [0.15, 0.2) is 5.96 Å². The lowest BCUT2D eigenvalue weighted by Crippen LogP contribution is -2.51. The van der Waals surface area contributed by atoms with Crippen molar-refractivity contribution < 1.29 is 26.0 Å². The third-order valence-electron chi connectivity index (χ3n) is 5.09. The number of aliphatic imine (C=N–C) groups is 1. The number of nitrogens with one attached hydrogen (secondary N) is 2. The largest absolute Gasteiger partial charge is 0.511 e. The Bertz CT molecular complexity index is 1020. The molecule has 0 spiro atoms. The summed E-state index contributed by atoms with van der Waals surface area (Å²) < 4.78 is 67.6. The maximum Gasteiger partial charge on any atom is 0.511 e. The second-order valence-corrected chi connectivity index (χ2v) is 9.04. The highest BCUT2D eigenvalue weighted by Crippen LogP contribution is 2.29. The van der Waals surface area contributed by atoms with Crippen LogP contribution >= 0.6 is 24.0 Å². The molecule has 1 aromatic heterocycles. The van der Waals surface area contributed by atoms with Crippen molar-refractivity contribution in [2.45, 2.75) is 44.8 Å². The first-order chi connectivity index (χ1) is 14.1. The molecule has 31 heavy (non-hydrogen) atoms. The van der Waals surface area contributed by atoms with E-state index < -0.39 is 15.5 Å². The molecule has 0 aliphatic carbocycles. The zero-order valence-corrected chi connectivity index (χ0v) is 20.3. The Morgan fingerprint density at radius 2 is 1.90 bits per heavy atom. The van der Waals surface area contributed by atoms with Crippen LogP contribution in [0.2, 0.25) is 0 Å². The van der Waals surface area contributed by atoms with Crippen molar-refractivity contribution in [3.63, 3.8) is 0 Å². The standard InChI is InChI=1S/C19H25F3N4O3S.HI/c1-3-23-18(24-12-17-13(2)15-6-4-5-7-16(15)29-17)25-14-8-10-26(11-9-14)30(27,28)19(20,21)22;/h4-7,14H,3,8-12H2,1-2H3,(H2,23,24,25);1H. The lowest BCUT2D eigenvalue weighted by Gasteiger charge is -2.32. The number of piperidine rings is 1. The fraction of sp³-hybridized carbons (Fsp3) is 0.526. The van der Waals surface area contributed by atoms with Crippen molar-refractivity contribution >= 4 is 50.9 Å². The molecule has 2 N–H and O–H groups in total. The predicted octanol–water partition coefficient (Wildman–Crippen LogP) is 3.73. The van der Waals surface area contributed by atoms with Gasteiger partial charge >= 0.3 is 15.5 Å². The molecule has 12 heteroatoms. The molecule has 174 valence electrons. The maximum atomic E-state index is 12.7. The number of hydrogen-bond acceptors (Lipinski definition) is 4. The molecule has 2 heterocycles. The Kier molecular flexibility index (Phi) is 8.62. The Morgan fingerprint density at radius 3 is 2.48 bits per heavy atom. The summed E-state index contributed by atoms with van der Waals surface area (Å²) >= 11 is 0. The van der Waals surface area contributed by atoms with Gasteiger partial charge in [-0.05, 0) is 32.8 Å². The lowest BCUT2D eigenvalue weighted by atomic mass is 10.1. The molecule has 1 fully saturated rings. The Balaban J connectivity index is 0.00000341. The van der Waals surface area contributed by atoms with E-state index in [0.29, 0.717) is 23.4 Å². The number of halogens is 4. The number of furan rings is 1. The molecule has 1 aromatic carbocycles. The van der Waals surface area contributed by atoms with Crippen LogP contribution in [-0.4, -0.2) is 49.9 Å². The van der Waals surface area contributed by atoms with Crippen molar-refractivity contribution in [2.75, 3.05) is 19.6 Å². The van der Waals surface area contributed by atoms with Gasteiger partial charge in [-0.2, -0.15) is 17.5 Å². The van der Waals surface area contributed by atoms with Crippen LogP contribution in [0.5, 0.6) is 0 Å². The van der Waals surface area contributed by atoms with Crippen LogP contribution in [-0.2, 0) is 16.6 Å². The average molecular weight is 574 g/mol. The van der Waals surface area contributed by atoms with Gasteiger partial charge in [-0.3, -0.25) is 0 Å². The van der Waals surface area contributed by atoms with E-state index >= 15 is 0 Å². The number of nitrogens with zero attached hydrogens (tertiary/aromatic N) is 2. The van der Waals surface area contributed by atoms with Gasteiger partial charge in [0, 0.05) is 36.6 Å². The molecule has 0 amide bonds. The Hall–Kier alpha value is -1.54. The van der Waals surface area contributed by atoms with Gasteiger partial charge in [0.05, 0.1) is 0 Å². The zero-order chi connectivity index (χ0) is 21.9. The Labute approximate surface area is 196 Å². The van der Waals surface area contributed by atoms with Crippen LogP contribution in [0.15, 0.2) is 33.7 Å². The topological polar surface area (TPSA) is 86.9 Å². The van der Waals surface area contributed by atoms with Crippen molar-refractivity contribution in [1.29, 1.82) is 0 Å². The number of hydrogen-bond donors (Lipinski definition) is 2. The maximum absolute atomic E-state index is 12.7. The van der Waals surface area contributed by atoms with E-state index in [0.717, 1.165) is 22.3 Å². The minimum absolute atomic E-state index is 0. The third kappa shape index (κ3) is 5.83. The lowest BCUT2D eigenvalue weighted by molar-refractivity contribution is -0.0494. The van der Waals surface area contributed by atoms with Gasteiger partial charge in [-0.25, -0.2) is 13.4 Å². The van der Waals surface area contributed by atoms with Crippen LogP contribution in [0.4, 0.5) is 13.2 Å². The highest BCUT2D eigenvalue weighted by Gasteiger charge is 2.50. The summed E-state index contributed by atoms with van der Waals surface area (Å²) in [7, 11) is -5.28. The number of guanidine groups is 1. The smallest absolute Gasteiger partial charge is 0.459 e. The van der Waals surface area contributed by atoms with E-state index in [-0.39, 0.29) is 55.9 Å². The minimum atomic E-state index is -5.28. The fourth-order valence-corrected chi connectivity index (χ4v) is 4.41. The Morgan fingerprint density at radius 1 is 1.26 bits per heavy atom. The highest BCUT2D eigenvalue weighted by molar-refractivity contribution is 14.0. The molecule has 1 saturated heterocycles. The van der Waals surface area contributed by atoms with Crippen molar-refractivity contribution in [2.24, 2.45) is 4.99 Å². The molecule has 0 unspecified atom stereocenters. The van der Waals surface area contributed by atoms with E-state index in [1.165, 1.54) is 0 Å². The van der Waals surface area contributed by atoms with E-state index in [9.17, 15) is 21.6 Å². The summed E-state index contributed by atoms with van der Waals surface area (Å²) in [4.78, 5) is 4.53. The monoisotopic (exact) mass is 574 g/mol. The van der Waals surface area contributed by atoms with E-state index in [4.69, 9.17) is 4.42 Å². The number of sulfonamides is 1. The van der Waals surface area contributed by atoms with Gasteiger partial charge in [0.25, 0.3) is 0 Å². The molecule has 7 nitrogen and oxygen atoms in total. The first-order valence-electron chi connectivity index (χ1n) is 9.71. The molecule has 0 saturated carbocycles. The SMILES string of the molecule is CCNC(=NCc1oc2ccccc2c1C)NC1CCN(S(=O)(=O)C(F)(F)F)CC1.I. The van der Waals surface area contributed by atoms with Crippen molar-refractivity contribution in [1.82, 2.24) is 14.9 Å². The normalized spacial score (nSPS) is 16.9. The quantitative estimate of drug-likeness (QED) is 0.323. The molecule has 0 atom stereocenters. The summed E-state index contributed by atoms with van der Waals surface area (Å²) in [6.45, 7) is 4.39. The number of fused-ring (bicyclic) bond motifs is 1. The number of para-hydroxylation sites is 1. The number of alkyl halides is 3. The number of benzene rings is 1. The molecule has 1 aliphatic rings. The van der Waals surface area contributed by atoms with E-state index in [1.54, 1.807) is 0 Å². The molecule has 3 rings (SSSR count).